The van der Waals surface area contributed by atoms with E-state index in [0.717, 1.165) is 11.0 Å². The topological polar surface area (TPSA) is 25.8 Å². The van der Waals surface area contributed by atoms with Crippen molar-refractivity contribution < 1.29 is 0 Å². The molecule has 1 aromatic heterocycles. The monoisotopic (exact) mass is 290 g/mol. The maximum absolute atomic E-state index is 4.27. The maximum atomic E-state index is 4.27. The van der Waals surface area contributed by atoms with Gasteiger partial charge in [0.1, 0.15) is 11.0 Å². The fourth-order valence-corrected chi connectivity index (χ4v) is 2.76. The summed E-state index contributed by atoms with van der Waals surface area (Å²) in [5.41, 5.74) is 4.65. The van der Waals surface area contributed by atoms with Crippen molar-refractivity contribution in [2.45, 2.75) is 13.8 Å². The Morgan fingerprint density at radius 2 is 1.92 bits per heavy atom. The van der Waals surface area contributed by atoms with Crippen LogP contribution in [-0.4, -0.2) is 8.75 Å². The van der Waals surface area contributed by atoms with Crippen LogP contribution >= 0.6 is 34.3 Å². The summed E-state index contributed by atoms with van der Waals surface area (Å²) < 4.78 is 9.70. The van der Waals surface area contributed by atoms with E-state index in [1.54, 1.807) is 0 Å². The van der Waals surface area contributed by atoms with E-state index in [0.29, 0.717) is 0 Å². The Morgan fingerprint density at radius 3 is 2.67 bits per heavy atom. The lowest BCUT2D eigenvalue weighted by molar-refractivity contribution is 1.35. The molecule has 0 saturated heterocycles. The Morgan fingerprint density at radius 1 is 1.25 bits per heavy atom. The van der Waals surface area contributed by atoms with E-state index < -0.39 is 0 Å². The van der Waals surface area contributed by atoms with Crippen LogP contribution in [0, 0.1) is 17.4 Å². The molecule has 0 aliphatic rings. The van der Waals surface area contributed by atoms with Crippen LogP contribution in [0.25, 0.3) is 11.0 Å². The molecule has 0 unspecified atom stereocenters. The highest BCUT2D eigenvalue weighted by atomic mass is 127. The third kappa shape index (κ3) is 1.13. The first-order valence-corrected chi connectivity index (χ1v) is 5.39. The molecular weight excluding hydrogens is 283 g/mol. The number of benzene rings is 1. The minimum absolute atomic E-state index is 1.05. The molecule has 1 aromatic carbocycles. The summed E-state index contributed by atoms with van der Waals surface area (Å²) in [6.45, 7) is 4.20. The maximum Gasteiger partial charge on any atom is 0.118 e. The standard InChI is InChI=1S/C8H7IN2S/c1-4-3-6(9)8-7(5(4)2)10-12-11-8/h3H,1-2H3. The van der Waals surface area contributed by atoms with Crippen LogP contribution in [0.3, 0.4) is 0 Å². The van der Waals surface area contributed by atoms with Gasteiger partial charge in [-0.15, -0.1) is 0 Å². The molecule has 12 heavy (non-hydrogen) atoms. The molecule has 2 rings (SSSR count). The first kappa shape index (κ1) is 8.37. The molecule has 2 aromatic rings. The van der Waals surface area contributed by atoms with E-state index in [2.05, 4.69) is 51.3 Å². The number of hydrogen-bond acceptors (Lipinski definition) is 3. The normalized spacial score (nSPS) is 10.9. The van der Waals surface area contributed by atoms with Crippen LogP contribution in [0.2, 0.25) is 0 Å². The summed E-state index contributed by atoms with van der Waals surface area (Å²) in [6, 6.07) is 2.15. The highest BCUT2D eigenvalue weighted by Gasteiger charge is 2.07. The predicted molar refractivity (Wildman–Crippen MR) is 59.6 cm³/mol. The number of rotatable bonds is 0. The minimum Gasteiger partial charge on any atom is -0.173 e. The van der Waals surface area contributed by atoms with Gasteiger partial charge in [0.25, 0.3) is 0 Å². The van der Waals surface area contributed by atoms with Crippen molar-refractivity contribution in [2.75, 3.05) is 0 Å². The molecule has 0 bridgehead atoms. The average molecular weight is 290 g/mol. The van der Waals surface area contributed by atoms with Gasteiger partial charge in [0, 0.05) is 3.57 Å². The largest absolute Gasteiger partial charge is 0.173 e. The predicted octanol–water partition coefficient (Wildman–Crippen LogP) is 2.91. The van der Waals surface area contributed by atoms with Crippen LogP contribution in [0.1, 0.15) is 11.1 Å². The van der Waals surface area contributed by atoms with Crippen LogP contribution in [0.5, 0.6) is 0 Å². The van der Waals surface area contributed by atoms with Gasteiger partial charge in [0.15, 0.2) is 0 Å². The van der Waals surface area contributed by atoms with E-state index in [4.69, 9.17) is 0 Å². The Kier molecular flexibility index (Phi) is 2.04. The zero-order valence-corrected chi connectivity index (χ0v) is 9.73. The van der Waals surface area contributed by atoms with Crippen LogP contribution in [-0.2, 0) is 0 Å². The molecule has 0 amide bonds. The Bertz CT molecular complexity index is 436. The van der Waals surface area contributed by atoms with Crippen LogP contribution in [0.4, 0.5) is 0 Å². The lowest BCUT2D eigenvalue weighted by atomic mass is 10.1. The van der Waals surface area contributed by atoms with E-state index in [1.165, 1.54) is 26.4 Å². The Labute approximate surface area is 88.5 Å². The molecule has 2 nitrogen and oxygen atoms in total. The first-order chi connectivity index (χ1) is 5.70. The third-order valence-electron chi connectivity index (χ3n) is 2.00. The van der Waals surface area contributed by atoms with Crippen molar-refractivity contribution in [1.82, 2.24) is 8.75 Å². The molecule has 4 heteroatoms. The molecule has 0 atom stereocenters. The van der Waals surface area contributed by atoms with E-state index in [-0.39, 0.29) is 0 Å². The smallest absolute Gasteiger partial charge is 0.118 e. The zero-order valence-electron chi connectivity index (χ0n) is 6.76. The van der Waals surface area contributed by atoms with Gasteiger partial charge in [-0.1, -0.05) is 0 Å². The molecule has 0 fully saturated rings. The second-order valence-electron chi connectivity index (χ2n) is 2.76. The molecule has 0 aliphatic heterocycles. The molecule has 62 valence electrons. The number of fused-ring (bicyclic) bond motifs is 1. The van der Waals surface area contributed by atoms with Crippen molar-refractivity contribution in [1.29, 1.82) is 0 Å². The van der Waals surface area contributed by atoms with Gasteiger partial charge in [-0.05, 0) is 53.6 Å². The number of aromatic nitrogens is 2. The number of nitrogens with zero attached hydrogens (tertiary/aromatic N) is 2. The van der Waals surface area contributed by atoms with E-state index in [1.807, 2.05) is 0 Å². The van der Waals surface area contributed by atoms with Crippen LogP contribution in [0.15, 0.2) is 6.07 Å². The molecule has 0 aliphatic carbocycles. The van der Waals surface area contributed by atoms with E-state index >= 15 is 0 Å². The second-order valence-corrected chi connectivity index (χ2v) is 4.45. The average Bonchev–Trinajstić information content (AvgIpc) is 2.48. The summed E-state index contributed by atoms with van der Waals surface area (Å²) in [7, 11) is 0. The van der Waals surface area contributed by atoms with Crippen LogP contribution < -0.4 is 0 Å². The van der Waals surface area contributed by atoms with Gasteiger partial charge in [-0.3, -0.25) is 0 Å². The summed E-state index contributed by atoms with van der Waals surface area (Å²) in [5, 5.41) is 0. The van der Waals surface area contributed by atoms with Gasteiger partial charge in [0.2, 0.25) is 0 Å². The van der Waals surface area contributed by atoms with Crippen molar-refractivity contribution in [3.8, 4) is 0 Å². The third-order valence-corrected chi connectivity index (χ3v) is 3.36. The zero-order chi connectivity index (χ0) is 8.72. The lowest BCUT2D eigenvalue weighted by Gasteiger charge is -2.00. The van der Waals surface area contributed by atoms with Gasteiger partial charge in [-0.2, -0.15) is 8.75 Å². The SMILES string of the molecule is Cc1cc(I)c2nsnc2c1C. The number of aryl methyl sites for hydroxylation is 2. The number of hydrogen-bond donors (Lipinski definition) is 0. The molecule has 0 N–H and O–H groups in total. The van der Waals surface area contributed by atoms with E-state index in [9.17, 15) is 0 Å². The quantitative estimate of drug-likeness (QED) is 0.697. The Hall–Kier alpha value is -0.230. The van der Waals surface area contributed by atoms with Crippen molar-refractivity contribution >= 4 is 45.4 Å². The van der Waals surface area contributed by atoms with Gasteiger partial charge in [-0.25, -0.2) is 0 Å². The van der Waals surface area contributed by atoms with Gasteiger partial charge < -0.3 is 0 Å². The van der Waals surface area contributed by atoms with Gasteiger partial charge in [0.05, 0.1) is 11.7 Å². The molecule has 0 spiro atoms. The first-order valence-electron chi connectivity index (χ1n) is 3.58. The lowest BCUT2D eigenvalue weighted by Crippen LogP contribution is -1.86. The highest BCUT2D eigenvalue weighted by molar-refractivity contribution is 14.1. The van der Waals surface area contributed by atoms with Crippen molar-refractivity contribution in [2.24, 2.45) is 0 Å². The summed E-state index contributed by atoms with van der Waals surface area (Å²) in [5.74, 6) is 0. The van der Waals surface area contributed by atoms with Crippen molar-refractivity contribution in [3.63, 3.8) is 0 Å². The second kappa shape index (κ2) is 2.92. The molecule has 1 heterocycles. The Balaban J connectivity index is 2.97. The van der Waals surface area contributed by atoms with Crippen molar-refractivity contribution in [3.05, 3.63) is 20.8 Å². The molecular formula is C8H7IN2S. The molecule has 0 saturated carbocycles. The highest BCUT2D eigenvalue weighted by Crippen LogP contribution is 2.24. The summed E-state index contributed by atoms with van der Waals surface area (Å²) >= 11 is 3.59. The fourth-order valence-electron chi connectivity index (χ4n) is 1.14. The fraction of sp³-hybridized carbons (Fsp3) is 0.250. The van der Waals surface area contributed by atoms with Gasteiger partial charge >= 0.3 is 0 Å². The summed E-state index contributed by atoms with van der Waals surface area (Å²) in [6.07, 6.45) is 0. The number of halogens is 1. The molecule has 0 radical (unpaired) electrons. The summed E-state index contributed by atoms with van der Waals surface area (Å²) in [4.78, 5) is 0. The minimum atomic E-state index is 1.05.